The van der Waals surface area contributed by atoms with Crippen LogP contribution in [0.25, 0.3) is 0 Å². The molecule has 4 heteroatoms. The van der Waals surface area contributed by atoms with E-state index in [-0.39, 0.29) is 17.3 Å². The molecule has 0 radical (unpaired) electrons. The molecule has 0 heterocycles. The van der Waals surface area contributed by atoms with Gasteiger partial charge in [-0.15, -0.1) is 0 Å². The third-order valence-corrected chi connectivity index (χ3v) is 3.48. The molecule has 1 aromatic rings. The zero-order chi connectivity index (χ0) is 11.0. The Labute approximate surface area is 95.2 Å². The highest BCUT2D eigenvalue weighted by atomic mass is 79.9. The van der Waals surface area contributed by atoms with Crippen molar-refractivity contribution >= 4 is 27.7 Å². The number of carbonyl (C=O) groups is 2. The van der Waals surface area contributed by atoms with Crippen LogP contribution in [0.3, 0.4) is 0 Å². The van der Waals surface area contributed by atoms with Crippen LogP contribution in [-0.2, 0) is 0 Å². The molecule has 0 aromatic heterocycles. The van der Waals surface area contributed by atoms with Crippen LogP contribution in [0.15, 0.2) is 24.3 Å². The topological polar surface area (TPSA) is 54.4 Å². The predicted molar refractivity (Wildman–Crippen MR) is 58.6 cm³/mol. The number of Topliss-reactive ketones (excluding diaryl/α,β-unsaturated/α-hetero) is 1. The Morgan fingerprint density at radius 2 is 1.67 bits per heavy atom. The Morgan fingerprint density at radius 3 is 2.07 bits per heavy atom. The molecule has 15 heavy (non-hydrogen) atoms. The Hall–Kier alpha value is -1.16. The van der Waals surface area contributed by atoms with Gasteiger partial charge in [0, 0.05) is 16.3 Å². The second-order valence-corrected chi connectivity index (χ2v) is 4.78. The molecule has 0 saturated heterocycles. The summed E-state index contributed by atoms with van der Waals surface area (Å²) >= 11 is 3.37. The number of benzene rings is 1. The van der Waals surface area contributed by atoms with Crippen molar-refractivity contribution < 1.29 is 14.7 Å². The molecular formula is C11H9BrO3. The van der Waals surface area contributed by atoms with Crippen molar-refractivity contribution in [2.45, 2.75) is 11.2 Å². The molecule has 2 rings (SSSR count). The molecule has 2 atom stereocenters. The Morgan fingerprint density at radius 1 is 1.20 bits per heavy atom. The monoisotopic (exact) mass is 268 g/mol. The van der Waals surface area contributed by atoms with E-state index in [1.54, 1.807) is 12.1 Å². The molecule has 1 aliphatic rings. The van der Waals surface area contributed by atoms with Crippen LogP contribution >= 0.6 is 15.9 Å². The van der Waals surface area contributed by atoms with Gasteiger partial charge in [-0.05, 0) is 18.6 Å². The molecule has 1 saturated carbocycles. The second kappa shape index (κ2) is 3.77. The number of hydrogen-bond donors (Lipinski definition) is 1. The van der Waals surface area contributed by atoms with E-state index in [0.717, 1.165) is 6.42 Å². The Bertz CT molecular complexity index is 410. The summed E-state index contributed by atoms with van der Waals surface area (Å²) in [5, 5.41) is 8.69. The van der Waals surface area contributed by atoms with Gasteiger partial charge in [0.2, 0.25) is 0 Å². The molecule has 3 nitrogen and oxygen atoms in total. The maximum atomic E-state index is 11.7. The van der Waals surface area contributed by atoms with Crippen molar-refractivity contribution in [3.8, 4) is 0 Å². The van der Waals surface area contributed by atoms with Crippen LogP contribution in [0.1, 0.15) is 27.1 Å². The lowest BCUT2D eigenvalue weighted by Gasteiger charge is -1.99. The predicted octanol–water partition coefficient (Wildman–Crippen LogP) is 2.35. The highest BCUT2D eigenvalue weighted by molar-refractivity contribution is 9.09. The number of carboxylic acid groups (broad SMARTS) is 1. The van der Waals surface area contributed by atoms with Crippen molar-refractivity contribution in [2.24, 2.45) is 5.92 Å². The van der Waals surface area contributed by atoms with E-state index in [0.29, 0.717) is 10.4 Å². The van der Waals surface area contributed by atoms with Gasteiger partial charge in [0.15, 0.2) is 5.78 Å². The average Bonchev–Trinajstić information content (AvgIpc) is 2.94. The normalized spacial score (nSPS) is 23.5. The number of aromatic carboxylic acids is 1. The minimum absolute atomic E-state index is 0.0701. The van der Waals surface area contributed by atoms with Crippen molar-refractivity contribution in [2.75, 3.05) is 0 Å². The minimum atomic E-state index is -0.973. The highest BCUT2D eigenvalue weighted by Gasteiger charge is 2.41. The maximum Gasteiger partial charge on any atom is 0.335 e. The van der Waals surface area contributed by atoms with Gasteiger partial charge in [-0.3, -0.25) is 4.79 Å². The van der Waals surface area contributed by atoms with E-state index in [1.807, 2.05) is 0 Å². The summed E-state index contributed by atoms with van der Waals surface area (Å²) in [7, 11) is 0. The highest BCUT2D eigenvalue weighted by Crippen LogP contribution is 2.40. The van der Waals surface area contributed by atoms with Crippen LogP contribution in [0.4, 0.5) is 0 Å². The molecule has 1 N–H and O–H groups in total. The molecule has 1 aliphatic carbocycles. The van der Waals surface area contributed by atoms with Crippen LogP contribution in [0.5, 0.6) is 0 Å². The van der Waals surface area contributed by atoms with Crippen molar-refractivity contribution in [3.05, 3.63) is 35.4 Å². The molecule has 1 fully saturated rings. The lowest BCUT2D eigenvalue weighted by molar-refractivity contribution is 0.0696. The van der Waals surface area contributed by atoms with Gasteiger partial charge in [0.25, 0.3) is 0 Å². The molecule has 0 aliphatic heterocycles. The molecular weight excluding hydrogens is 260 g/mol. The largest absolute Gasteiger partial charge is 0.478 e. The number of hydrogen-bond acceptors (Lipinski definition) is 2. The van der Waals surface area contributed by atoms with Gasteiger partial charge < -0.3 is 5.11 Å². The Kier molecular flexibility index (Phi) is 2.61. The zero-order valence-corrected chi connectivity index (χ0v) is 9.40. The van der Waals surface area contributed by atoms with Gasteiger partial charge in [0.1, 0.15) is 0 Å². The molecule has 0 amide bonds. The standard InChI is InChI=1S/C11H9BrO3/c12-9-5-8(9)10(13)6-1-3-7(4-2-6)11(14)15/h1-4,8-9H,5H2,(H,14,15). The lowest BCUT2D eigenvalue weighted by atomic mass is 10.1. The summed E-state index contributed by atoms with van der Waals surface area (Å²) in [5.41, 5.74) is 0.796. The van der Waals surface area contributed by atoms with Crippen molar-refractivity contribution in [1.82, 2.24) is 0 Å². The summed E-state index contributed by atoms with van der Waals surface area (Å²) < 4.78 is 0. The number of alkyl halides is 1. The maximum absolute atomic E-state index is 11.7. The van der Waals surface area contributed by atoms with Gasteiger partial charge in [-0.25, -0.2) is 4.79 Å². The van der Waals surface area contributed by atoms with Crippen molar-refractivity contribution in [3.63, 3.8) is 0 Å². The van der Waals surface area contributed by atoms with E-state index >= 15 is 0 Å². The lowest BCUT2D eigenvalue weighted by Crippen LogP contribution is -2.04. The van der Waals surface area contributed by atoms with Gasteiger partial charge in [0.05, 0.1) is 5.56 Å². The first-order valence-electron chi connectivity index (χ1n) is 4.61. The first kappa shape index (κ1) is 10.4. The van der Waals surface area contributed by atoms with Gasteiger partial charge in [-0.2, -0.15) is 0 Å². The number of halogens is 1. The summed E-state index contributed by atoms with van der Waals surface area (Å²) in [5.74, 6) is -0.812. The second-order valence-electron chi connectivity index (χ2n) is 3.60. The zero-order valence-electron chi connectivity index (χ0n) is 7.81. The number of ketones is 1. The number of carbonyl (C=O) groups excluding carboxylic acids is 1. The summed E-state index contributed by atoms with van der Waals surface area (Å²) in [6.45, 7) is 0. The smallest absolute Gasteiger partial charge is 0.335 e. The third-order valence-electron chi connectivity index (χ3n) is 2.47. The summed E-state index contributed by atoms with van der Waals surface area (Å²) in [6, 6.07) is 6.07. The fourth-order valence-corrected chi connectivity index (χ4v) is 2.07. The van der Waals surface area contributed by atoms with E-state index in [2.05, 4.69) is 15.9 Å². The van der Waals surface area contributed by atoms with Crippen LogP contribution < -0.4 is 0 Å². The minimum Gasteiger partial charge on any atom is -0.478 e. The number of carboxylic acids is 1. The van der Waals surface area contributed by atoms with Crippen molar-refractivity contribution in [1.29, 1.82) is 0 Å². The first-order valence-corrected chi connectivity index (χ1v) is 5.53. The van der Waals surface area contributed by atoms with Gasteiger partial charge in [-0.1, -0.05) is 28.1 Å². The summed E-state index contributed by atoms with van der Waals surface area (Å²) in [4.78, 5) is 22.6. The van der Waals surface area contributed by atoms with Crippen LogP contribution in [0, 0.1) is 5.92 Å². The molecule has 78 valence electrons. The molecule has 0 spiro atoms. The third kappa shape index (κ3) is 2.09. The quantitative estimate of drug-likeness (QED) is 0.677. The van der Waals surface area contributed by atoms with Crippen LogP contribution in [0.2, 0.25) is 0 Å². The number of rotatable bonds is 3. The van der Waals surface area contributed by atoms with E-state index in [9.17, 15) is 9.59 Å². The SMILES string of the molecule is O=C(O)c1ccc(C(=O)C2CC2Br)cc1. The van der Waals surface area contributed by atoms with E-state index in [4.69, 9.17) is 5.11 Å². The average molecular weight is 269 g/mol. The van der Waals surface area contributed by atoms with Crippen LogP contribution in [-0.4, -0.2) is 21.7 Å². The molecule has 1 aromatic carbocycles. The van der Waals surface area contributed by atoms with E-state index < -0.39 is 5.97 Å². The molecule has 2 unspecified atom stereocenters. The van der Waals surface area contributed by atoms with Gasteiger partial charge >= 0.3 is 5.97 Å². The fourth-order valence-electron chi connectivity index (χ4n) is 1.43. The molecule has 0 bridgehead atoms. The van der Waals surface area contributed by atoms with E-state index in [1.165, 1.54) is 12.1 Å². The summed E-state index contributed by atoms with van der Waals surface area (Å²) in [6.07, 6.45) is 0.875. The fraction of sp³-hybridized carbons (Fsp3) is 0.273. The Balaban J connectivity index is 2.16. The first-order chi connectivity index (χ1) is 7.09.